The van der Waals surface area contributed by atoms with Gasteiger partial charge in [0, 0.05) is 31.5 Å². The van der Waals surface area contributed by atoms with Gasteiger partial charge in [0.15, 0.2) is 9.84 Å². The van der Waals surface area contributed by atoms with Crippen LogP contribution >= 0.6 is 11.6 Å². The molecule has 1 saturated heterocycles. The lowest BCUT2D eigenvalue weighted by Gasteiger charge is -2.30. The number of morpholine rings is 1. The Balaban J connectivity index is 2.03. The van der Waals surface area contributed by atoms with Crippen LogP contribution in [0.4, 0.5) is 5.82 Å². The van der Waals surface area contributed by atoms with E-state index in [0.717, 1.165) is 0 Å². The van der Waals surface area contributed by atoms with E-state index in [9.17, 15) is 8.42 Å². The van der Waals surface area contributed by atoms with Crippen molar-refractivity contribution in [3.63, 3.8) is 0 Å². The molecule has 0 aliphatic carbocycles. The average Bonchev–Trinajstić information content (AvgIpc) is 2.62. The van der Waals surface area contributed by atoms with Crippen LogP contribution in [-0.2, 0) is 19.3 Å². The highest BCUT2D eigenvalue weighted by atomic mass is 35.5. The van der Waals surface area contributed by atoms with Gasteiger partial charge in [-0.1, -0.05) is 0 Å². The molecule has 0 bridgehead atoms. The molecule has 0 amide bonds. The molecule has 0 aromatic carbocycles. The molecule has 2 aromatic rings. The number of rotatable bonds is 4. The number of pyridine rings is 1. The van der Waals surface area contributed by atoms with Gasteiger partial charge in [-0.2, -0.15) is 0 Å². The molecule has 0 N–H and O–H groups in total. The van der Waals surface area contributed by atoms with Crippen LogP contribution in [0.5, 0.6) is 0 Å². The molecule has 0 spiro atoms. The van der Waals surface area contributed by atoms with E-state index in [0.29, 0.717) is 37.8 Å². The van der Waals surface area contributed by atoms with E-state index in [1.165, 1.54) is 24.5 Å². The number of nitrogens with zero attached hydrogens (tertiary/aromatic N) is 4. The number of hydrogen-bond acceptors (Lipinski definition) is 7. The topological polar surface area (TPSA) is 85.3 Å². The molecule has 0 unspecified atom stereocenters. The minimum absolute atomic E-state index is 0.0250. The highest BCUT2D eigenvalue weighted by Gasteiger charge is 2.39. The van der Waals surface area contributed by atoms with Crippen LogP contribution in [0.25, 0.3) is 0 Å². The van der Waals surface area contributed by atoms with E-state index in [1.54, 1.807) is 19.9 Å². The van der Waals surface area contributed by atoms with Crippen molar-refractivity contribution >= 4 is 27.3 Å². The van der Waals surface area contributed by atoms with Crippen molar-refractivity contribution in [3.05, 3.63) is 41.6 Å². The fourth-order valence-corrected chi connectivity index (χ4v) is 4.25. The van der Waals surface area contributed by atoms with Gasteiger partial charge < -0.3 is 9.64 Å². The molecule has 0 saturated carbocycles. The Labute approximate surface area is 151 Å². The molecule has 0 atom stereocenters. The van der Waals surface area contributed by atoms with Crippen molar-refractivity contribution in [2.24, 2.45) is 0 Å². The molecule has 7 nitrogen and oxygen atoms in total. The van der Waals surface area contributed by atoms with Crippen LogP contribution in [0.15, 0.2) is 35.5 Å². The number of sulfone groups is 1. The highest BCUT2D eigenvalue weighted by molar-refractivity contribution is 7.92. The predicted molar refractivity (Wildman–Crippen MR) is 94.5 cm³/mol. The molecular weight excluding hydrogens is 364 g/mol. The predicted octanol–water partition coefficient (Wildman–Crippen LogP) is 2.07. The minimum atomic E-state index is -3.69. The fourth-order valence-electron chi connectivity index (χ4n) is 2.62. The van der Waals surface area contributed by atoms with Crippen molar-refractivity contribution in [2.45, 2.75) is 23.5 Å². The summed E-state index contributed by atoms with van der Waals surface area (Å²) >= 11 is 6.09. The average molecular weight is 383 g/mol. The minimum Gasteiger partial charge on any atom is -0.378 e. The SMILES string of the molecule is CC(C)(c1cc(N2CCOCC2)nc(Cl)n1)S(=O)(=O)c1ccncc1. The fraction of sp³-hybridized carbons (Fsp3) is 0.438. The number of aromatic nitrogens is 3. The molecule has 3 rings (SSSR count). The second-order valence-electron chi connectivity index (χ2n) is 6.18. The van der Waals surface area contributed by atoms with E-state index < -0.39 is 14.6 Å². The first-order chi connectivity index (χ1) is 11.8. The Morgan fingerprint density at radius 1 is 1.16 bits per heavy atom. The van der Waals surface area contributed by atoms with Crippen molar-refractivity contribution in [3.8, 4) is 0 Å². The van der Waals surface area contributed by atoms with Gasteiger partial charge in [0.2, 0.25) is 5.28 Å². The Hall–Kier alpha value is -1.77. The van der Waals surface area contributed by atoms with Gasteiger partial charge in [-0.3, -0.25) is 4.98 Å². The summed E-state index contributed by atoms with van der Waals surface area (Å²) in [6.45, 7) is 5.76. The summed E-state index contributed by atoms with van der Waals surface area (Å²) in [5, 5.41) is 0.0250. The Kier molecular flexibility index (Phi) is 4.95. The monoisotopic (exact) mass is 382 g/mol. The van der Waals surface area contributed by atoms with Gasteiger partial charge in [-0.15, -0.1) is 0 Å². The first-order valence-corrected chi connectivity index (χ1v) is 9.71. The van der Waals surface area contributed by atoms with E-state index in [2.05, 4.69) is 15.0 Å². The molecule has 0 radical (unpaired) electrons. The second-order valence-corrected chi connectivity index (χ2v) is 9.01. The quantitative estimate of drug-likeness (QED) is 0.748. The van der Waals surface area contributed by atoms with E-state index in [-0.39, 0.29) is 10.2 Å². The lowest BCUT2D eigenvalue weighted by molar-refractivity contribution is 0.122. The Morgan fingerprint density at radius 2 is 1.80 bits per heavy atom. The van der Waals surface area contributed by atoms with E-state index >= 15 is 0 Å². The molecule has 2 aromatic heterocycles. The summed E-state index contributed by atoms with van der Waals surface area (Å²) in [5.74, 6) is 0.608. The maximum atomic E-state index is 13.1. The van der Waals surface area contributed by atoms with E-state index in [1.807, 2.05) is 4.90 Å². The summed E-state index contributed by atoms with van der Waals surface area (Å²) in [4.78, 5) is 14.5. The van der Waals surface area contributed by atoms with Gasteiger partial charge in [-0.05, 0) is 37.6 Å². The summed E-state index contributed by atoms with van der Waals surface area (Å²) in [7, 11) is -3.69. The van der Waals surface area contributed by atoms with Gasteiger partial charge >= 0.3 is 0 Å². The zero-order valence-electron chi connectivity index (χ0n) is 14.0. The van der Waals surface area contributed by atoms with E-state index in [4.69, 9.17) is 16.3 Å². The maximum absolute atomic E-state index is 13.1. The van der Waals surface area contributed by atoms with Gasteiger partial charge in [0.05, 0.1) is 23.8 Å². The standard InChI is InChI=1S/C16H19ClN4O3S/c1-16(2,25(22,23)12-3-5-18-6-4-12)13-11-14(20-15(17)19-13)21-7-9-24-10-8-21/h3-6,11H,7-10H2,1-2H3. The highest BCUT2D eigenvalue weighted by Crippen LogP contribution is 2.35. The molecular formula is C16H19ClN4O3S. The Bertz CT molecular complexity index is 853. The van der Waals surface area contributed by atoms with Crippen molar-refractivity contribution in [2.75, 3.05) is 31.2 Å². The largest absolute Gasteiger partial charge is 0.378 e. The molecule has 3 heterocycles. The first kappa shape index (κ1) is 18.0. The third-order valence-electron chi connectivity index (χ3n) is 4.27. The zero-order valence-corrected chi connectivity index (χ0v) is 15.6. The van der Waals surface area contributed by atoms with Crippen molar-refractivity contribution in [1.29, 1.82) is 0 Å². The molecule has 1 aliphatic heterocycles. The molecule has 134 valence electrons. The van der Waals surface area contributed by atoms with Crippen LogP contribution in [0, 0.1) is 0 Å². The molecule has 9 heteroatoms. The van der Waals surface area contributed by atoms with Gasteiger partial charge in [0.25, 0.3) is 0 Å². The zero-order chi connectivity index (χ0) is 18.1. The van der Waals surface area contributed by atoms with Crippen LogP contribution in [0.1, 0.15) is 19.5 Å². The molecule has 1 aliphatic rings. The number of anilines is 1. The first-order valence-electron chi connectivity index (χ1n) is 7.85. The summed E-state index contributed by atoms with van der Waals surface area (Å²) in [5.41, 5.74) is 0.353. The molecule has 1 fully saturated rings. The third kappa shape index (κ3) is 3.47. The van der Waals surface area contributed by atoms with Gasteiger partial charge in [0.1, 0.15) is 10.6 Å². The summed E-state index contributed by atoms with van der Waals surface area (Å²) < 4.78 is 30.2. The van der Waals surface area contributed by atoms with Crippen molar-refractivity contribution < 1.29 is 13.2 Å². The lowest BCUT2D eigenvalue weighted by Crippen LogP contribution is -2.37. The maximum Gasteiger partial charge on any atom is 0.224 e. The van der Waals surface area contributed by atoms with Crippen LogP contribution in [-0.4, -0.2) is 49.7 Å². The normalized spacial score (nSPS) is 16.0. The molecule has 25 heavy (non-hydrogen) atoms. The summed E-state index contributed by atoms with van der Waals surface area (Å²) in [6, 6.07) is 4.64. The second kappa shape index (κ2) is 6.86. The number of ether oxygens (including phenoxy) is 1. The Morgan fingerprint density at radius 3 is 2.44 bits per heavy atom. The lowest BCUT2D eigenvalue weighted by atomic mass is 10.1. The van der Waals surface area contributed by atoms with Crippen LogP contribution in [0.3, 0.4) is 0 Å². The van der Waals surface area contributed by atoms with Crippen LogP contribution < -0.4 is 4.90 Å². The van der Waals surface area contributed by atoms with Crippen molar-refractivity contribution in [1.82, 2.24) is 15.0 Å². The third-order valence-corrected chi connectivity index (χ3v) is 6.88. The number of hydrogen-bond donors (Lipinski definition) is 0. The smallest absolute Gasteiger partial charge is 0.224 e. The van der Waals surface area contributed by atoms with Crippen LogP contribution in [0.2, 0.25) is 5.28 Å². The number of halogens is 1. The van der Waals surface area contributed by atoms with Gasteiger partial charge in [-0.25, -0.2) is 18.4 Å². The summed E-state index contributed by atoms with van der Waals surface area (Å²) in [6.07, 6.45) is 2.91.